The van der Waals surface area contributed by atoms with E-state index in [2.05, 4.69) is 4.97 Å². The second-order valence-electron chi connectivity index (χ2n) is 1.94. The van der Waals surface area contributed by atoms with Crippen LogP contribution in [-0.4, -0.2) is 30.0 Å². The van der Waals surface area contributed by atoms with Crippen LogP contribution in [0.25, 0.3) is 0 Å². The molecular formula is C5H5NOSSe. The van der Waals surface area contributed by atoms with Gasteiger partial charge in [-0.3, -0.25) is 0 Å². The fourth-order valence-electron chi connectivity index (χ4n) is 0.847. The van der Waals surface area contributed by atoms with Crippen LogP contribution in [0.5, 0.6) is 0 Å². The van der Waals surface area contributed by atoms with Gasteiger partial charge in [0.15, 0.2) is 0 Å². The van der Waals surface area contributed by atoms with Crippen molar-refractivity contribution in [2.45, 2.75) is 11.8 Å². The Morgan fingerprint density at radius 1 is 1.89 bits per heavy atom. The molecule has 0 N–H and O–H groups in total. The Bertz CT molecular complexity index is 182. The normalized spacial score (nSPS) is 31.8. The summed E-state index contributed by atoms with van der Waals surface area (Å²) >= 11 is 0.585. The SMILES string of the molecule is O=C1C[C@H]2S[Se]C=CN12. The van der Waals surface area contributed by atoms with E-state index in [1.165, 1.54) is 0 Å². The topological polar surface area (TPSA) is 20.3 Å². The molecule has 48 valence electrons. The van der Waals surface area contributed by atoms with Gasteiger partial charge in [-0.2, -0.15) is 0 Å². The van der Waals surface area contributed by atoms with Gasteiger partial charge in [0.1, 0.15) is 0 Å². The number of carbonyl (C=O) groups excluding carboxylic acids is 1. The number of nitrogens with zero attached hydrogens (tertiary/aromatic N) is 1. The molecule has 1 saturated heterocycles. The van der Waals surface area contributed by atoms with Crippen molar-refractivity contribution in [1.82, 2.24) is 4.90 Å². The molecule has 0 aromatic rings. The van der Waals surface area contributed by atoms with Gasteiger partial charge in [-0.15, -0.1) is 0 Å². The third-order valence-electron chi connectivity index (χ3n) is 1.39. The molecule has 0 aliphatic carbocycles. The third kappa shape index (κ3) is 0.820. The summed E-state index contributed by atoms with van der Waals surface area (Å²) in [4.78, 5) is 14.6. The summed E-state index contributed by atoms with van der Waals surface area (Å²) in [5.74, 6) is 0.277. The molecule has 0 bridgehead atoms. The van der Waals surface area contributed by atoms with Crippen LogP contribution in [0, 0.1) is 0 Å². The number of β-lactam (4-membered cyclic amide) rings is 1. The standard InChI is InChI=1S/C5H5NOSSe/c7-4-3-5-6(4)1-2-9-8-5/h1-2,5H,3H2/t5-/m1/s1. The number of carbonyl (C=O) groups is 1. The van der Waals surface area contributed by atoms with Crippen LogP contribution < -0.4 is 0 Å². The molecule has 0 aromatic carbocycles. The predicted molar refractivity (Wildman–Crippen MR) is 37.7 cm³/mol. The van der Waals surface area contributed by atoms with E-state index in [1.54, 1.807) is 0 Å². The van der Waals surface area contributed by atoms with Crippen molar-refractivity contribution in [3.8, 4) is 0 Å². The molecule has 2 aliphatic rings. The number of rotatable bonds is 0. The molecule has 1 atom stereocenters. The van der Waals surface area contributed by atoms with E-state index in [4.69, 9.17) is 0 Å². The van der Waals surface area contributed by atoms with Crippen molar-refractivity contribution in [3.63, 3.8) is 0 Å². The summed E-state index contributed by atoms with van der Waals surface area (Å²) in [5.41, 5.74) is 0. The second-order valence-corrected chi connectivity index (χ2v) is 5.86. The molecule has 0 radical (unpaired) electrons. The molecule has 1 fully saturated rings. The summed E-state index contributed by atoms with van der Waals surface area (Å²) in [7, 11) is 1.90. The summed E-state index contributed by atoms with van der Waals surface area (Å²) < 4.78 is 0. The van der Waals surface area contributed by atoms with E-state index in [0.29, 0.717) is 19.2 Å². The molecule has 0 aromatic heterocycles. The molecule has 2 nitrogen and oxygen atoms in total. The molecule has 2 heterocycles. The van der Waals surface area contributed by atoms with Gasteiger partial charge in [-0.05, 0) is 0 Å². The maximum atomic E-state index is 10.7. The maximum absolute atomic E-state index is 10.7. The van der Waals surface area contributed by atoms with E-state index in [9.17, 15) is 4.79 Å². The van der Waals surface area contributed by atoms with Gasteiger partial charge in [0.05, 0.1) is 0 Å². The number of hydrogen-bond acceptors (Lipinski definition) is 2. The van der Waals surface area contributed by atoms with Gasteiger partial charge in [-0.25, -0.2) is 0 Å². The molecule has 0 spiro atoms. The molecule has 2 aliphatic heterocycles. The van der Waals surface area contributed by atoms with E-state index in [0.717, 1.165) is 6.42 Å². The summed E-state index contributed by atoms with van der Waals surface area (Å²) in [6.45, 7) is 0. The van der Waals surface area contributed by atoms with Crippen LogP contribution in [0.2, 0.25) is 0 Å². The summed E-state index contributed by atoms with van der Waals surface area (Å²) in [6, 6.07) is 0. The predicted octanol–water partition coefficient (Wildman–Crippen LogP) is 0.382. The van der Waals surface area contributed by atoms with E-state index < -0.39 is 0 Å². The zero-order valence-electron chi connectivity index (χ0n) is 4.61. The first-order valence-electron chi connectivity index (χ1n) is 2.68. The Labute approximate surface area is 62.9 Å². The zero-order valence-corrected chi connectivity index (χ0v) is 7.14. The van der Waals surface area contributed by atoms with Crippen molar-refractivity contribution in [3.05, 3.63) is 11.2 Å². The molecule has 4 heteroatoms. The Balaban J connectivity index is 2.16. The number of amides is 1. The average Bonchev–Trinajstić information content (AvgIpc) is 1.86. The van der Waals surface area contributed by atoms with Crippen LogP contribution in [-0.2, 0) is 4.79 Å². The van der Waals surface area contributed by atoms with Gasteiger partial charge in [-0.1, -0.05) is 0 Å². The molecule has 1 amide bonds. The van der Waals surface area contributed by atoms with Gasteiger partial charge >= 0.3 is 62.6 Å². The first-order chi connectivity index (χ1) is 4.38. The molecule has 0 saturated carbocycles. The minimum atomic E-state index is 0.277. The van der Waals surface area contributed by atoms with Gasteiger partial charge < -0.3 is 0 Å². The Morgan fingerprint density at radius 3 is 3.33 bits per heavy atom. The van der Waals surface area contributed by atoms with Crippen LogP contribution >= 0.6 is 10.2 Å². The molecule has 0 unspecified atom stereocenters. The van der Waals surface area contributed by atoms with Gasteiger partial charge in [0.25, 0.3) is 0 Å². The van der Waals surface area contributed by atoms with E-state index >= 15 is 0 Å². The first-order valence-corrected chi connectivity index (χ1v) is 6.57. The Kier molecular flexibility index (Phi) is 1.32. The van der Waals surface area contributed by atoms with Crippen LogP contribution in [0.4, 0.5) is 0 Å². The van der Waals surface area contributed by atoms with Crippen LogP contribution in [0.3, 0.4) is 0 Å². The van der Waals surface area contributed by atoms with E-state index in [-0.39, 0.29) is 5.91 Å². The summed E-state index contributed by atoms with van der Waals surface area (Å²) in [5, 5.41) is 0.502. The van der Waals surface area contributed by atoms with Crippen molar-refractivity contribution in [2.24, 2.45) is 0 Å². The monoisotopic (exact) mass is 207 g/mol. The Hall–Kier alpha value is 0.0795. The van der Waals surface area contributed by atoms with Crippen LogP contribution in [0.15, 0.2) is 11.2 Å². The van der Waals surface area contributed by atoms with Crippen molar-refractivity contribution >= 4 is 29.9 Å². The van der Waals surface area contributed by atoms with Crippen molar-refractivity contribution < 1.29 is 4.79 Å². The number of fused-ring (bicyclic) bond motifs is 1. The second kappa shape index (κ2) is 2.04. The third-order valence-corrected chi connectivity index (χ3v) is 5.28. The van der Waals surface area contributed by atoms with E-state index in [1.807, 2.05) is 21.3 Å². The fourth-order valence-corrected chi connectivity index (χ4v) is 4.39. The Morgan fingerprint density at radius 2 is 2.78 bits per heavy atom. The fraction of sp³-hybridized carbons (Fsp3) is 0.400. The summed E-state index contributed by atoms with van der Waals surface area (Å²) in [6.07, 6.45) is 2.68. The van der Waals surface area contributed by atoms with Gasteiger partial charge in [0.2, 0.25) is 0 Å². The van der Waals surface area contributed by atoms with Gasteiger partial charge in [0, 0.05) is 0 Å². The van der Waals surface area contributed by atoms with Crippen LogP contribution in [0.1, 0.15) is 6.42 Å². The molecule has 2 rings (SSSR count). The molecule has 9 heavy (non-hydrogen) atoms. The van der Waals surface area contributed by atoms with Crippen molar-refractivity contribution in [2.75, 3.05) is 0 Å². The quantitative estimate of drug-likeness (QED) is 0.422. The zero-order chi connectivity index (χ0) is 6.27. The van der Waals surface area contributed by atoms with Crippen molar-refractivity contribution in [1.29, 1.82) is 0 Å². The average molecular weight is 206 g/mol. The molecular weight excluding hydrogens is 201 g/mol. The minimum absolute atomic E-state index is 0.277. The number of hydrogen-bond donors (Lipinski definition) is 0. The first kappa shape index (κ1) is 5.83.